The highest BCUT2D eigenvalue weighted by molar-refractivity contribution is 6.40. The molecule has 1 N–H and O–H groups in total. The molecule has 1 aromatic heterocycles. The van der Waals surface area contributed by atoms with E-state index in [9.17, 15) is 14.4 Å². The lowest BCUT2D eigenvalue weighted by Gasteiger charge is -2.19. The van der Waals surface area contributed by atoms with Gasteiger partial charge in [0.2, 0.25) is 11.7 Å². The van der Waals surface area contributed by atoms with Crippen molar-refractivity contribution in [2.45, 2.75) is 6.92 Å². The molecule has 1 aliphatic rings. The Kier molecular flexibility index (Phi) is 3.97. The number of allylic oxidation sites excluding steroid dienone is 2. The van der Waals surface area contributed by atoms with Crippen LogP contribution in [0.5, 0.6) is 0 Å². The molecule has 0 aliphatic heterocycles. The van der Waals surface area contributed by atoms with Crippen LogP contribution in [-0.2, 0) is 4.79 Å². The van der Waals surface area contributed by atoms with Crippen molar-refractivity contribution in [2.24, 2.45) is 0 Å². The van der Waals surface area contributed by atoms with Gasteiger partial charge >= 0.3 is 0 Å². The number of carbonyl (C=O) groups excluding carboxylic acids is 3. The van der Waals surface area contributed by atoms with Crippen molar-refractivity contribution in [3.8, 4) is 5.69 Å². The maximum absolute atomic E-state index is 13.1. The summed E-state index contributed by atoms with van der Waals surface area (Å²) in [5, 5.41) is 10.6. The molecule has 4 rings (SSSR count). The molecule has 7 heteroatoms. The molecule has 2 aromatic carbocycles. The van der Waals surface area contributed by atoms with Gasteiger partial charge in [-0.05, 0) is 12.1 Å². The van der Waals surface area contributed by atoms with Gasteiger partial charge in [-0.25, -0.2) is 4.68 Å². The summed E-state index contributed by atoms with van der Waals surface area (Å²) in [5.41, 5.74) is 1.47. The Balaban J connectivity index is 1.88. The number of ketones is 2. The van der Waals surface area contributed by atoms with Gasteiger partial charge in [0.1, 0.15) is 11.4 Å². The van der Waals surface area contributed by atoms with Crippen LogP contribution < -0.4 is 5.32 Å². The van der Waals surface area contributed by atoms with Crippen LogP contribution in [0.15, 0.2) is 66.5 Å². The minimum atomic E-state index is -0.446. The van der Waals surface area contributed by atoms with E-state index in [0.717, 1.165) is 5.69 Å². The number of carbonyl (C=O) groups is 3. The predicted octanol–water partition coefficient (Wildman–Crippen LogP) is 2.19. The van der Waals surface area contributed by atoms with Crippen LogP contribution in [0, 0.1) is 0 Å². The number of rotatable bonds is 3. The number of aromatic nitrogens is 3. The third-order valence-electron chi connectivity index (χ3n) is 4.19. The van der Waals surface area contributed by atoms with E-state index < -0.39 is 11.7 Å². The highest BCUT2D eigenvalue weighted by Crippen LogP contribution is 2.30. The third kappa shape index (κ3) is 2.85. The molecule has 0 saturated carbocycles. The first-order valence-electron chi connectivity index (χ1n) is 8.24. The Bertz CT molecular complexity index is 1110. The first kappa shape index (κ1) is 16.6. The highest BCUT2D eigenvalue weighted by atomic mass is 16.2. The molecule has 0 unspecified atom stereocenters. The van der Waals surface area contributed by atoms with Crippen LogP contribution in [0.3, 0.4) is 0 Å². The minimum absolute atomic E-state index is 0.0380. The SMILES string of the molecule is CC(=O)NC1=C(c2cn(-c3ccccc3)nn2)C(=O)c2ccccc2C1=O. The summed E-state index contributed by atoms with van der Waals surface area (Å²) >= 11 is 0. The number of hydrogen-bond acceptors (Lipinski definition) is 5. The van der Waals surface area contributed by atoms with Gasteiger partial charge in [0.25, 0.3) is 0 Å². The molecule has 0 fully saturated rings. The molecule has 0 radical (unpaired) electrons. The van der Waals surface area contributed by atoms with Gasteiger partial charge in [-0.2, -0.15) is 0 Å². The van der Waals surface area contributed by atoms with E-state index >= 15 is 0 Å². The van der Waals surface area contributed by atoms with Gasteiger partial charge in [0, 0.05) is 18.1 Å². The Morgan fingerprint density at radius 1 is 0.926 bits per heavy atom. The normalized spacial score (nSPS) is 13.5. The van der Waals surface area contributed by atoms with Crippen molar-refractivity contribution in [3.05, 3.63) is 83.3 Å². The maximum atomic E-state index is 13.1. The standard InChI is InChI=1S/C20H14N4O3/c1-12(25)21-18-17(19(26)14-9-5-6-10-15(14)20(18)27)16-11-24(23-22-16)13-7-3-2-4-8-13/h2-11H,1H3,(H,21,25). The van der Waals surface area contributed by atoms with E-state index in [1.807, 2.05) is 30.3 Å². The van der Waals surface area contributed by atoms with Crippen LogP contribution in [0.4, 0.5) is 0 Å². The smallest absolute Gasteiger partial charge is 0.221 e. The van der Waals surface area contributed by atoms with Gasteiger partial charge in [-0.3, -0.25) is 14.4 Å². The topological polar surface area (TPSA) is 93.9 Å². The largest absolute Gasteiger partial charge is 0.322 e. The zero-order valence-electron chi connectivity index (χ0n) is 14.3. The molecule has 1 amide bonds. The van der Waals surface area contributed by atoms with Gasteiger partial charge in [-0.15, -0.1) is 5.10 Å². The number of nitrogens with zero attached hydrogens (tertiary/aromatic N) is 3. The molecule has 0 bridgehead atoms. The van der Waals surface area contributed by atoms with Crippen LogP contribution in [0.2, 0.25) is 0 Å². The second-order valence-corrected chi connectivity index (χ2v) is 6.02. The van der Waals surface area contributed by atoms with Crippen LogP contribution >= 0.6 is 0 Å². The molecule has 0 saturated heterocycles. The number of benzene rings is 2. The number of para-hydroxylation sites is 1. The number of Topliss-reactive ketones (excluding diaryl/α,β-unsaturated/α-hetero) is 2. The molecule has 1 aliphatic carbocycles. The molecule has 7 nitrogen and oxygen atoms in total. The molecule has 3 aromatic rings. The Labute approximate surface area is 154 Å². The Hall–Kier alpha value is -3.87. The number of amides is 1. The summed E-state index contributed by atoms with van der Waals surface area (Å²) in [4.78, 5) is 37.6. The van der Waals surface area contributed by atoms with E-state index in [1.54, 1.807) is 30.5 Å². The van der Waals surface area contributed by atoms with Crippen molar-refractivity contribution in [1.82, 2.24) is 20.3 Å². The molecule has 27 heavy (non-hydrogen) atoms. The highest BCUT2D eigenvalue weighted by Gasteiger charge is 2.34. The fourth-order valence-electron chi connectivity index (χ4n) is 3.00. The summed E-state index contributed by atoms with van der Waals surface area (Å²) in [6.07, 6.45) is 1.56. The van der Waals surface area contributed by atoms with Crippen molar-refractivity contribution in [2.75, 3.05) is 0 Å². The first-order valence-corrected chi connectivity index (χ1v) is 8.24. The van der Waals surface area contributed by atoms with E-state index in [-0.39, 0.29) is 33.9 Å². The predicted molar refractivity (Wildman–Crippen MR) is 97.2 cm³/mol. The second-order valence-electron chi connectivity index (χ2n) is 6.02. The Morgan fingerprint density at radius 3 is 2.22 bits per heavy atom. The molecular formula is C20H14N4O3. The van der Waals surface area contributed by atoms with Gasteiger partial charge in [0.05, 0.1) is 17.5 Å². The van der Waals surface area contributed by atoms with Crippen LogP contribution in [0.25, 0.3) is 11.3 Å². The van der Waals surface area contributed by atoms with E-state index in [1.165, 1.54) is 11.6 Å². The lowest BCUT2D eigenvalue weighted by molar-refractivity contribution is -0.118. The monoisotopic (exact) mass is 358 g/mol. The van der Waals surface area contributed by atoms with Crippen molar-refractivity contribution >= 4 is 23.0 Å². The fourth-order valence-corrected chi connectivity index (χ4v) is 3.00. The van der Waals surface area contributed by atoms with Crippen LogP contribution in [-0.4, -0.2) is 32.5 Å². The summed E-state index contributed by atoms with van der Waals surface area (Å²) < 4.78 is 1.51. The Morgan fingerprint density at radius 2 is 1.56 bits per heavy atom. The lowest BCUT2D eigenvalue weighted by atomic mass is 9.86. The molecule has 1 heterocycles. The number of hydrogen-bond donors (Lipinski definition) is 1. The lowest BCUT2D eigenvalue weighted by Crippen LogP contribution is -2.32. The summed E-state index contributed by atoms with van der Waals surface area (Å²) in [7, 11) is 0. The molecular weight excluding hydrogens is 344 g/mol. The quantitative estimate of drug-likeness (QED) is 0.775. The molecule has 132 valence electrons. The van der Waals surface area contributed by atoms with E-state index in [2.05, 4.69) is 15.6 Å². The van der Waals surface area contributed by atoms with Crippen molar-refractivity contribution < 1.29 is 14.4 Å². The zero-order chi connectivity index (χ0) is 19.0. The summed E-state index contributed by atoms with van der Waals surface area (Å²) in [6.45, 7) is 1.28. The summed E-state index contributed by atoms with van der Waals surface area (Å²) in [6, 6.07) is 15.8. The van der Waals surface area contributed by atoms with Gasteiger partial charge in [-0.1, -0.05) is 47.7 Å². The van der Waals surface area contributed by atoms with Gasteiger partial charge in [0.15, 0.2) is 5.78 Å². The van der Waals surface area contributed by atoms with Crippen molar-refractivity contribution in [3.63, 3.8) is 0 Å². The fraction of sp³-hybridized carbons (Fsp3) is 0.0500. The van der Waals surface area contributed by atoms with E-state index in [4.69, 9.17) is 0 Å². The maximum Gasteiger partial charge on any atom is 0.221 e. The first-order chi connectivity index (χ1) is 13.1. The van der Waals surface area contributed by atoms with Gasteiger partial charge < -0.3 is 5.32 Å². The second kappa shape index (κ2) is 6.45. The van der Waals surface area contributed by atoms with Crippen molar-refractivity contribution in [1.29, 1.82) is 0 Å². The molecule has 0 spiro atoms. The molecule has 0 atom stereocenters. The summed E-state index contributed by atoms with van der Waals surface area (Å²) in [5.74, 6) is -1.25. The minimum Gasteiger partial charge on any atom is -0.322 e. The van der Waals surface area contributed by atoms with Crippen LogP contribution in [0.1, 0.15) is 33.3 Å². The average Bonchev–Trinajstić information content (AvgIpc) is 3.16. The van der Waals surface area contributed by atoms with E-state index in [0.29, 0.717) is 0 Å². The number of fused-ring (bicyclic) bond motifs is 1. The third-order valence-corrected chi connectivity index (χ3v) is 4.19. The average molecular weight is 358 g/mol. The zero-order valence-corrected chi connectivity index (χ0v) is 14.3. The number of nitrogens with one attached hydrogen (secondary N) is 1.